The number of rotatable bonds is 6. The third-order valence-electron chi connectivity index (χ3n) is 6.10. The van der Waals surface area contributed by atoms with Crippen LogP contribution in [0.5, 0.6) is 11.5 Å². The van der Waals surface area contributed by atoms with E-state index in [9.17, 15) is 10.2 Å². The van der Waals surface area contributed by atoms with Gasteiger partial charge in [-0.1, -0.05) is 12.1 Å². The van der Waals surface area contributed by atoms with Gasteiger partial charge in [-0.25, -0.2) is 0 Å². The Bertz CT molecular complexity index is 763. The molecule has 1 aromatic carbocycles. The van der Waals surface area contributed by atoms with Crippen LogP contribution in [0.15, 0.2) is 42.6 Å². The molecular weight excluding hydrogens is 340 g/mol. The van der Waals surface area contributed by atoms with Crippen LogP contribution in [0.25, 0.3) is 0 Å². The molecule has 0 bridgehead atoms. The Morgan fingerprint density at radius 3 is 2.63 bits per heavy atom. The van der Waals surface area contributed by atoms with E-state index < -0.39 is 5.60 Å². The van der Waals surface area contributed by atoms with Crippen molar-refractivity contribution in [2.45, 2.75) is 31.3 Å². The van der Waals surface area contributed by atoms with Crippen molar-refractivity contribution in [1.82, 2.24) is 9.88 Å². The topological polar surface area (TPSA) is 65.8 Å². The summed E-state index contributed by atoms with van der Waals surface area (Å²) in [6.07, 6.45) is 4.86. The van der Waals surface area contributed by atoms with Gasteiger partial charge in [-0.2, -0.15) is 0 Å². The van der Waals surface area contributed by atoms with Crippen LogP contribution in [-0.4, -0.2) is 52.4 Å². The van der Waals surface area contributed by atoms with Crippen LogP contribution in [0, 0.1) is 11.8 Å². The smallest absolute Gasteiger partial charge is 0.133 e. The summed E-state index contributed by atoms with van der Waals surface area (Å²) in [7, 11) is 1.68. The molecular formula is C22H28N2O3. The predicted molar refractivity (Wildman–Crippen MR) is 104 cm³/mol. The fourth-order valence-corrected chi connectivity index (χ4v) is 4.88. The van der Waals surface area contributed by atoms with Crippen molar-refractivity contribution in [3.63, 3.8) is 0 Å². The summed E-state index contributed by atoms with van der Waals surface area (Å²) >= 11 is 0. The molecule has 0 spiro atoms. The van der Waals surface area contributed by atoms with Gasteiger partial charge < -0.3 is 19.8 Å². The predicted octanol–water partition coefficient (Wildman–Crippen LogP) is 2.65. The first kappa shape index (κ1) is 18.3. The lowest BCUT2D eigenvalue weighted by molar-refractivity contribution is 0.0355. The van der Waals surface area contributed by atoms with Crippen molar-refractivity contribution in [3.05, 3.63) is 53.9 Å². The number of aromatic hydroxyl groups is 1. The molecule has 1 saturated heterocycles. The quantitative estimate of drug-likeness (QED) is 0.821. The number of pyridine rings is 1. The number of hydrogen-bond donors (Lipinski definition) is 2. The van der Waals surface area contributed by atoms with Crippen molar-refractivity contribution >= 4 is 0 Å². The van der Waals surface area contributed by atoms with Crippen molar-refractivity contribution in [2.24, 2.45) is 11.8 Å². The van der Waals surface area contributed by atoms with Crippen LogP contribution >= 0.6 is 0 Å². The van der Waals surface area contributed by atoms with Crippen LogP contribution in [0.2, 0.25) is 0 Å². The van der Waals surface area contributed by atoms with Crippen LogP contribution in [0.1, 0.15) is 24.1 Å². The molecule has 1 aliphatic heterocycles. The summed E-state index contributed by atoms with van der Waals surface area (Å²) in [6, 6.07) is 11.6. The minimum Gasteiger partial charge on any atom is -0.506 e. The number of benzene rings is 1. The van der Waals surface area contributed by atoms with E-state index in [2.05, 4.69) is 16.0 Å². The average molecular weight is 368 g/mol. The second-order valence-electron chi connectivity index (χ2n) is 8.20. The zero-order valence-corrected chi connectivity index (χ0v) is 15.8. The molecule has 1 saturated carbocycles. The SMILES string of the molecule is COc1cccc(C[C@]2(O)C[C@H]3CN(CCc4ccc(O)cn4)C[C@H]3C2)c1. The molecule has 1 aliphatic carbocycles. The van der Waals surface area contributed by atoms with Gasteiger partial charge in [0.25, 0.3) is 0 Å². The molecule has 2 aromatic rings. The average Bonchev–Trinajstić information content (AvgIpc) is 3.15. The van der Waals surface area contributed by atoms with Gasteiger partial charge in [0, 0.05) is 38.2 Å². The van der Waals surface area contributed by atoms with Crippen molar-refractivity contribution in [2.75, 3.05) is 26.7 Å². The second-order valence-corrected chi connectivity index (χ2v) is 8.20. The molecule has 144 valence electrons. The molecule has 5 heteroatoms. The maximum Gasteiger partial charge on any atom is 0.133 e. The van der Waals surface area contributed by atoms with E-state index in [1.807, 2.05) is 24.3 Å². The monoisotopic (exact) mass is 368 g/mol. The standard InChI is InChI=1S/C22H28N2O3/c1-27-21-4-2-3-16(9-21)10-22(26)11-17-14-24(15-18(17)12-22)8-7-19-5-6-20(25)13-23-19/h2-6,9,13,17-18,25-26H,7-8,10-12,14-15H2,1H3/t17-,18+,22-. The van der Waals surface area contributed by atoms with Gasteiger partial charge in [-0.15, -0.1) is 0 Å². The number of nitrogens with zero attached hydrogens (tertiary/aromatic N) is 2. The van der Waals surface area contributed by atoms with Gasteiger partial charge in [0.1, 0.15) is 11.5 Å². The number of hydrogen-bond acceptors (Lipinski definition) is 5. The van der Waals surface area contributed by atoms with E-state index in [4.69, 9.17) is 4.74 Å². The first-order valence-corrected chi connectivity index (χ1v) is 9.74. The molecule has 2 aliphatic rings. The number of aliphatic hydroxyl groups is 1. The highest BCUT2D eigenvalue weighted by Crippen LogP contribution is 2.45. The van der Waals surface area contributed by atoms with E-state index in [1.54, 1.807) is 13.2 Å². The van der Waals surface area contributed by atoms with E-state index >= 15 is 0 Å². The Morgan fingerprint density at radius 1 is 1.19 bits per heavy atom. The Hall–Kier alpha value is -2.11. The molecule has 27 heavy (non-hydrogen) atoms. The molecule has 1 aromatic heterocycles. The Balaban J connectivity index is 1.30. The van der Waals surface area contributed by atoms with Gasteiger partial charge in [0.15, 0.2) is 0 Å². The maximum absolute atomic E-state index is 11.1. The molecule has 0 unspecified atom stereocenters. The molecule has 2 heterocycles. The number of fused-ring (bicyclic) bond motifs is 1. The Labute approximate surface area is 160 Å². The molecule has 2 fully saturated rings. The molecule has 0 radical (unpaired) electrons. The largest absolute Gasteiger partial charge is 0.506 e. The summed E-state index contributed by atoms with van der Waals surface area (Å²) < 4.78 is 5.30. The maximum atomic E-state index is 11.1. The normalized spacial score (nSPS) is 27.6. The first-order valence-electron chi connectivity index (χ1n) is 9.74. The van der Waals surface area contributed by atoms with Gasteiger partial charge in [0.2, 0.25) is 0 Å². The minimum absolute atomic E-state index is 0.213. The summed E-state index contributed by atoms with van der Waals surface area (Å²) in [6.45, 7) is 3.10. The van der Waals surface area contributed by atoms with E-state index in [0.717, 1.165) is 55.9 Å². The lowest BCUT2D eigenvalue weighted by Gasteiger charge is -2.26. The van der Waals surface area contributed by atoms with E-state index in [-0.39, 0.29) is 5.75 Å². The first-order chi connectivity index (χ1) is 13.0. The number of likely N-dealkylation sites (tertiary alicyclic amines) is 1. The van der Waals surface area contributed by atoms with E-state index in [0.29, 0.717) is 18.3 Å². The number of ether oxygens (including phenoxy) is 1. The van der Waals surface area contributed by atoms with Crippen LogP contribution in [0.4, 0.5) is 0 Å². The van der Waals surface area contributed by atoms with Crippen LogP contribution < -0.4 is 4.74 Å². The van der Waals surface area contributed by atoms with Gasteiger partial charge >= 0.3 is 0 Å². The van der Waals surface area contributed by atoms with Crippen molar-refractivity contribution in [1.29, 1.82) is 0 Å². The third kappa shape index (κ3) is 4.25. The summed E-state index contributed by atoms with van der Waals surface area (Å²) in [5, 5.41) is 20.5. The molecule has 5 nitrogen and oxygen atoms in total. The summed E-state index contributed by atoms with van der Waals surface area (Å²) in [5.74, 6) is 2.22. The lowest BCUT2D eigenvalue weighted by atomic mass is 9.91. The zero-order valence-electron chi connectivity index (χ0n) is 15.8. The highest BCUT2D eigenvalue weighted by atomic mass is 16.5. The Morgan fingerprint density at radius 2 is 1.96 bits per heavy atom. The number of aromatic nitrogens is 1. The lowest BCUT2D eigenvalue weighted by Crippen LogP contribution is -2.32. The van der Waals surface area contributed by atoms with Crippen LogP contribution in [0.3, 0.4) is 0 Å². The summed E-state index contributed by atoms with van der Waals surface area (Å²) in [4.78, 5) is 6.76. The number of methoxy groups -OCH3 is 1. The van der Waals surface area contributed by atoms with E-state index in [1.165, 1.54) is 6.20 Å². The highest BCUT2D eigenvalue weighted by Gasteiger charge is 2.47. The fraction of sp³-hybridized carbons (Fsp3) is 0.500. The third-order valence-corrected chi connectivity index (χ3v) is 6.10. The fourth-order valence-electron chi connectivity index (χ4n) is 4.88. The highest BCUT2D eigenvalue weighted by molar-refractivity contribution is 5.29. The van der Waals surface area contributed by atoms with Gasteiger partial charge in [-0.05, 0) is 54.5 Å². The van der Waals surface area contributed by atoms with Gasteiger partial charge in [0.05, 0.1) is 18.9 Å². The second kappa shape index (κ2) is 7.49. The Kier molecular flexibility index (Phi) is 5.06. The molecule has 2 N–H and O–H groups in total. The van der Waals surface area contributed by atoms with Crippen LogP contribution in [-0.2, 0) is 12.8 Å². The zero-order chi connectivity index (χ0) is 18.9. The molecule has 4 rings (SSSR count). The van der Waals surface area contributed by atoms with Gasteiger partial charge in [-0.3, -0.25) is 4.98 Å². The molecule has 3 atom stereocenters. The van der Waals surface area contributed by atoms with Crippen molar-refractivity contribution < 1.29 is 14.9 Å². The molecule has 0 amide bonds. The minimum atomic E-state index is -0.591. The summed E-state index contributed by atoms with van der Waals surface area (Å²) in [5.41, 5.74) is 1.57. The van der Waals surface area contributed by atoms with Crippen molar-refractivity contribution in [3.8, 4) is 11.5 Å².